The van der Waals surface area contributed by atoms with Crippen LogP contribution >= 0.6 is 12.4 Å². The maximum atomic E-state index is 5.50. The van der Waals surface area contributed by atoms with Gasteiger partial charge in [-0.05, 0) is 55.3 Å². The topological polar surface area (TPSA) is 36.3 Å². The van der Waals surface area contributed by atoms with Gasteiger partial charge in [0.15, 0.2) is 11.5 Å². The summed E-state index contributed by atoms with van der Waals surface area (Å²) >= 11 is 0. The Hall–Kier alpha value is -2.98. The third-order valence-electron chi connectivity index (χ3n) is 5.13. The van der Waals surface area contributed by atoms with Crippen molar-refractivity contribution in [1.82, 2.24) is 9.55 Å². The first-order valence-corrected chi connectivity index (χ1v) is 9.34. The number of para-hydroxylation sites is 2. The van der Waals surface area contributed by atoms with Crippen LogP contribution in [0.15, 0.2) is 60.7 Å². The molecule has 0 aliphatic carbocycles. The number of fused-ring (bicyclic) bond motifs is 1. The van der Waals surface area contributed by atoms with Gasteiger partial charge >= 0.3 is 0 Å². The summed E-state index contributed by atoms with van der Waals surface area (Å²) < 4.78 is 13.2. The van der Waals surface area contributed by atoms with Gasteiger partial charge in [0.1, 0.15) is 5.82 Å². The lowest BCUT2D eigenvalue weighted by atomic mass is 10.1. The lowest BCUT2D eigenvalue weighted by Crippen LogP contribution is -2.04. The van der Waals surface area contributed by atoms with Crippen molar-refractivity contribution in [3.05, 3.63) is 77.4 Å². The molecule has 4 rings (SSSR count). The first kappa shape index (κ1) is 20.7. The fraction of sp³-hybridized carbons (Fsp3) is 0.208. The van der Waals surface area contributed by atoms with Crippen LogP contribution in [0.4, 0.5) is 0 Å². The molecule has 29 heavy (non-hydrogen) atoms. The molecule has 0 amide bonds. The molecule has 0 atom stereocenters. The molecule has 1 heterocycles. The Bertz CT molecular complexity index is 1150. The summed E-state index contributed by atoms with van der Waals surface area (Å²) in [5.41, 5.74) is 6.94. The van der Waals surface area contributed by atoms with Crippen molar-refractivity contribution in [2.45, 2.75) is 20.4 Å². The summed E-state index contributed by atoms with van der Waals surface area (Å²) in [6.45, 7) is 5.05. The molecule has 0 aliphatic rings. The van der Waals surface area contributed by atoms with E-state index in [1.807, 2.05) is 24.3 Å². The van der Waals surface area contributed by atoms with Crippen molar-refractivity contribution in [3.63, 3.8) is 0 Å². The number of hydrogen-bond donors (Lipinski definition) is 0. The number of halogens is 1. The summed E-state index contributed by atoms with van der Waals surface area (Å²) in [6, 6.07) is 20.8. The van der Waals surface area contributed by atoms with E-state index in [1.54, 1.807) is 14.2 Å². The normalized spacial score (nSPS) is 10.6. The lowest BCUT2D eigenvalue weighted by Gasteiger charge is -2.14. The third-order valence-corrected chi connectivity index (χ3v) is 5.13. The molecule has 4 nitrogen and oxygen atoms in total. The van der Waals surface area contributed by atoms with E-state index in [-0.39, 0.29) is 12.4 Å². The maximum Gasteiger partial charge on any atom is 0.161 e. The van der Waals surface area contributed by atoms with Gasteiger partial charge in [0.25, 0.3) is 0 Å². The van der Waals surface area contributed by atoms with Crippen molar-refractivity contribution in [1.29, 1.82) is 0 Å². The van der Waals surface area contributed by atoms with Crippen LogP contribution in [0.3, 0.4) is 0 Å². The average molecular weight is 409 g/mol. The minimum Gasteiger partial charge on any atom is -0.493 e. The van der Waals surface area contributed by atoms with Gasteiger partial charge in [0, 0.05) is 12.1 Å². The van der Waals surface area contributed by atoms with E-state index in [2.05, 4.69) is 54.8 Å². The van der Waals surface area contributed by atoms with Gasteiger partial charge in [-0.2, -0.15) is 0 Å². The van der Waals surface area contributed by atoms with E-state index >= 15 is 0 Å². The number of ether oxygens (including phenoxy) is 2. The quantitative estimate of drug-likeness (QED) is 0.418. The van der Waals surface area contributed by atoms with Crippen LogP contribution < -0.4 is 9.47 Å². The predicted octanol–water partition coefficient (Wildman–Crippen LogP) is 5.81. The first-order valence-electron chi connectivity index (χ1n) is 9.34. The summed E-state index contributed by atoms with van der Waals surface area (Å²) in [6.07, 6.45) is 0. The van der Waals surface area contributed by atoms with Crippen LogP contribution in [0.2, 0.25) is 0 Å². The summed E-state index contributed by atoms with van der Waals surface area (Å²) in [7, 11) is 3.30. The minimum absolute atomic E-state index is 0. The minimum atomic E-state index is 0. The number of nitrogens with zero attached hydrogens (tertiary/aromatic N) is 2. The Morgan fingerprint density at radius 1 is 0.862 bits per heavy atom. The van der Waals surface area contributed by atoms with Crippen LogP contribution in [0.25, 0.3) is 22.4 Å². The van der Waals surface area contributed by atoms with Gasteiger partial charge in [-0.25, -0.2) is 4.98 Å². The Morgan fingerprint density at radius 2 is 1.62 bits per heavy atom. The van der Waals surface area contributed by atoms with Crippen LogP contribution in [0.5, 0.6) is 11.5 Å². The van der Waals surface area contributed by atoms with Crippen molar-refractivity contribution in [3.8, 4) is 22.9 Å². The summed E-state index contributed by atoms with van der Waals surface area (Å²) in [5, 5.41) is 0. The molecule has 5 heteroatoms. The van der Waals surface area contributed by atoms with E-state index in [1.165, 1.54) is 16.7 Å². The number of imidazole rings is 1. The van der Waals surface area contributed by atoms with Gasteiger partial charge in [0.2, 0.25) is 0 Å². The highest BCUT2D eigenvalue weighted by molar-refractivity contribution is 5.85. The molecule has 1 aromatic heterocycles. The van der Waals surface area contributed by atoms with Crippen LogP contribution in [0, 0.1) is 13.8 Å². The zero-order valence-electron chi connectivity index (χ0n) is 17.1. The number of hydrogen-bond acceptors (Lipinski definition) is 3. The van der Waals surface area contributed by atoms with Crippen LogP contribution in [-0.2, 0) is 6.54 Å². The standard InChI is InChI=1S/C24H24N2O2.ClH/c1-16-9-10-17(2)19(13-16)15-26-21-8-6-5-7-20(21)25-24(26)18-11-12-22(27-3)23(14-18)28-4;/h5-14H,15H2,1-4H3;1H. The Kier molecular flexibility index (Phi) is 6.14. The Labute approximate surface area is 177 Å². The second kappa shape index (κ2) is 8.58. The van der Waals surface area contributed by atoms with Crippen molar-refractivity contribution in [2.24, 2.45) is 0 Å². The number of rotatable bonds is 5. The average Bonchev–Trinajstić information content (AvgIpc) is 3.08. The Balaban J connectivity index is 0.00000240. The fourth-order valence-corrected chi connectivity index (χ4v) is 3.57. The van der Waals surface area contributed by atoms with E-state index in [0.717, 1.165) is 29.0 Å². The van der Waals surface area contributed by atoms with E-state index < -0.39 is 0 Å². The zero-order valence-corrected chi connectivity index (χ0v) is 17.9. The fourth-order valence-electron chi connectivity index (χ4n) is 3.57. The highest BCUT2D eigenvalue weighted by atomic mass is 35.5. The van der Waals surface area contributed by atoms with Crippen molar-refractivity contribution in [2.75, 3.05) is 14.2 Å². The van der Waals surface area contributed by atoms with Gasteiger partial charge < -0.3 is 14.0 Å². The molecule has 0 radical (unpaired) electrons. The largest absolute Gasteiger partial charge is 0.493 e. The van der Waals surface area contributed by atoms with E-state index in [9.17, 15) is 0 Å². The molecule has 0 N–H and O–H groups in total. The number of aryl methyl sites for hydroxylation is 2. The molecule has 0 unspecified atom stereocenters. The third kappa shape index (κ3) is 3.94. The Morgan fingerprint density at radius 3 is 2.38 bits per heavy atom. The first-order chi connectivity index (χ1) is 13.6. The highest BCUT2D eigenvalue weighted by Crippen LogP contribution is 2.34. The van der Waals surface area contributed by atoms with Crippen molar-refractivity contribution >= 4 is 23.4 Å². The lowest BCUT2D eigenvalue weighted by molar-refractivity contribution is 0.355. The highest BCUT2D eigenvalue weighted by Gasteiger charge is 2.16. The van der Waals surface area contributed by atoms with Gasteiger partial charge in [-0.3, -0.25) is 0 Å². The maximum absolute atomic E-state index is 5.50. The van der Waals surface area contributed by atoms with Gasteiger partial charge in [0.05, 0.1) is 25.3 Å². The molecule has 0 aliphatic heterocycles. The molecule has 0 bridgehead atoms. The molecule has 0 saturated carbocycles. The predicted molar refractivity (Wildman–Crippen MR) is 121 cm³/mol. The van der Waals surface area contributed by atoms with Crippen LogP contribution in [0.1, 0.15) is 16.7 Å². The zero-order chi connectivity index (χ0) is 19.7. The molecule has 150 valence electrons. The molecule has 4 aromatic rings. The molecule has 3 aromatic carbocycles. The molecular weight excluding hydrogens is 384 g/mol. The molecule has 0 spiro atoms. The SMILES string of the molecule is COc1ccc(-c2nc3ccccc3n2Cc2cc(C)ccc2C)cc1OC.Cl. The number of aromatic nitrogens is 2. The number of methoxy groups -OCH3 is 2. The van der Waals surface area contributed by atoms with Crippen LogP contribution in [-0.4, -0.2) is 23.8 Å². The van der Waals surface area contributed by atoms with E-state index in [4.69, 9.17) is 14.5 Å². The molecule has 0 fully saturated rings. The second-order valence-corrected chi connectivity index (χ2v) is 7.01. The monoisotopic (exact) mass is 408 g/mol. The second-order valence-electron chi connectivity index (χ2n) is 7.01. The van der Waals surface area contributed by atoms with Gasteiger partial charge in [-0.1, -0.05) is 35.9 Å². The number of benzene rings is 3. The summed E-state index contributed by atoms with van der Waals surface area (Å²) in [4.78, 5) is 4.93. The molecule has 0 saturated heterocycles. The van der Waals surface area contributed by atoms with E-state index in [0.29, 0.717) is 11.5 Å². The smallest absolute Gasteiger partial charge is 0.161 e. The molecular formula is C24H25ClN2O2. The van der Waals surface area contributed by atoms with Crippen molar-refractivity contribution < 1.29 is 9.47 Å². The van der Waals surface area contributed by atoms with Gasteiger partial charge in [-0.15, -0.1) is 12.4 Å². The summed E-state index contributed by atoms with van der Waals surface area (Å²) in [5.74, 6) is 2.33.